The van der Waals surface area contributed by atoms with Gasteiger partial charge in [0.2, 0.25) is 0 Å². The molecule has 0 aliphatic carbocycles. The van der Waals surface area contributed by atoms with Crippen LogP contribution in [0.15, 0.2) is 0 Å². The summed E-state index contributed by atoms with van der Waals surface area (Å²) in [5, 5.41) is 0. The van der Waals surface area contributed by atoms with Gasteiger partial charge >= 0.3 is 6.09 Å². The predicted molar refractivity (Wildman–Crippen MR) is 76.9 cm³/mol. The van der Waals surface area contributed by atoms with Gasteiger partial charge in [-0.05, 0) is 20.3 Å². The number of nitrogens with zero attached hydrogens (tertiary/aromatic N) is 1. The summed E-state index contributed by atoms with van der Waals surface area (Å²) in [5.74, 6) is 0. The largest absolute Gasteiger partial charge is 0.449 e. The van der Waals surface area contributed by atoms with Crippen molar-refractivity contribution in [2.75, 3.05) is 19.7 Å². The second kappa shape index (κ2) is 12.7. The summed E-state index contributed by atoms with van der Waals surface area (Å²) < 4.78 is 5.22. The Kier molecular flexibility index (Phi) is 12.2. The minimum absolute atomic E-state index is 0.164. The molecule has 0 N–H and O–H groups in total. The Morgan fingerprint density at radius 2 is 1.33 bits per heavy atom. The number of rotatable bonds is 11. The zero-order valence-corrected chi connectivity index (χ0v) is 12.5. The number of hydrogen-bond donors (Lipinski definition) is 0. The molecular weight excluding hydrogens is 226 g/mol. The molecule has 0 radical (unpaired) electrons. The van der Waals surface area contributed by atoms with E-state index in [9.17, 15) is 4.79 Å². The SMILES string of the molecule is CCCCCCCCCCOC(=O)N(CC)CC. The van der Waals surface area contributed by atoms with Crippen LogP contribution < -0.4 is 0 Å². The molecule has 3 nitrogen and oxygen atoms in total. The standard InChI is InChI=1S/C15H31NO2/c1-4-7-8-9-10-11-12-13-14-18-15(17)16(5-2)6-3/h4-14H2,1-3H3. The predicted octanol–water partition coefficient (Wildman–Crippen LogP) is 4.61. The molecule has 0 fully saturated rings. The minimum Gasteiger partial charge on any atom is -0.449 e. The lowest BCUT2D eigenvalue weighted by atomic mass is 10.1. The molecule has 0 bridgehead atoms. The van der Waals surface area contributed by atoms with Gasteiger partial charge < -0.3 is 9.64 Å². The minimum atomic E-state index is -0.164. The summed E-state index contributed by atoms with van der Waals surface area (Å²) in [6, 6.07) is 0. The van der Waals surface area contributed by atoms with Crippen LogP contribution in [0.1, 0.15) is 72.1 Å². The van der Waals surface area contributed by atoms with Gasteiger partial charge in [-0.3, -0.25) is 0 Å². The van der Waals surface area contributed by atoms with Crippen molar-refractivity contribution in [3.05, 3.63) is 0 Å². The van der Waals surface area contributed by atoms with E-state index in [1.54, 1.807) is 4.90 Å². The van der Waals surface area contributed by atoms with Crippen molar-refractivity contribution in [2.24, 2.45) is 0 Å². The molecule has 0 aliphatic heterocycles. The highest BCUT2D eigenvalue weighted by Crippen LogP contribution is 2.08. The molecule has 0 rings (SSSR count). The first-order chi connectivity index (χ1) is 8.76. The second-order valence-corrected chi connectivity index (χ2v) is 4.76. The summed E-state index contributed by atoms with van der Waals surface area (Å²) in [6.45, 7) is 8.22. The highest BCUT2D eigenvalue weighted by molar-refractivity contribution is 5.67. The van der Waals surface area contributed by atoms with Crippen LogP contribution in [0.2, 0.25) is 0 Å². The zero-order chi connectivity index (χ0) is 13.6. The molecule has 0 saturated carbocycles. The van der Waals surface area contributed by atoms with Crippen LogP contribution >= 0.6 is 0 Å². The van der Waals surface area contributed by atoms with E-state index in [1.165, 1.54) is 44.9 Å². The topological polar surface area (TPSA) is 29.5 Å². The number of ether oxygens (including phenoxy) is 1. The van der Waals surface area contributed by atoms with Gasteiger partial charge in [-0.15, -0.1) is 0 Å². The molecule has 1 amide bonds. The molecule has 0 aromatic carbocycles. The Balaban J connectivity index is 3.27. The molecule has 3 heteroatoms. The number of hydrogen-bond acceptors (Lipinski definition) is 2. The zero-order valence-electron chi connectivity index (χ0n) is 12.5. The summed E-state index contributed by atoms with van der Waals surface area (Å²) in [7, 11) is 0. The van der Waals surface area contributed by atoms with E-state index in [-0.39, 0.29) is 6.09 Å². The van der Waals surface area contributed by atoms with E-state index in [2.05, 4.69) is 6.92 Å². The number of carbonyl (C=O) groups excluding carboxylic acids is 1. The van der Waals surface area contributed by atoms with E-state index < -0.39 is 0 Å². The first-order valence-corrected chi connectivity index (χ1v) is 7.67. The maximum absolute atomic E-state index is 11.5. The van der Waals surface area contributed by atoms with Crippen molar-refractivity contribution < 1.29 is 9.53 Å². The van der Waals surface area contributed by atoms with Gasteiger partial charge in [-0.1, -0.05) is 51.9 Å². The van der Waals surface area contributed by atoms with Gasteiger partial charge in [0.05, 0.1) is 6.61 Å². The molecule has 0 aromatic heterocycles. The molecule has 0 aliphatic rings. The lowest BCUT2D eigenvalue weighted by Crippen LogP contribution is -2.31. The van der Waals surface area contributed by atoms with E-state index in [0.29, 0.717) is 6.61 Å². The average molecular weight is 257 g/mol. The van der Waals surface area contributed by atoms with Crippen LogP contribution in [0, 0.1) is 0 Å². The Morgan fingerprint density at radius 1 is 0.833 bits per heavy atom. The van der Waals surface area contributed by atoms with Crippen LogP contribution in [0.4, 0.5) is 4.79 Å². The number of unbranched alkanes of at least 4 members (excludes halogenated alkanes) is 7. The van der Waals surface area contributed by atoms with Gasteiger partial charge in [0.15, 0.2) is 0 Å². The third kappa shape index (κ3) is 9.32. The fourth-order valence-corrected chi connectivity index (χ4v) is 1.97. The fraction of sp³-hybridized carbons (Fsp3) is 0.933. The van der Waals surface area contributed by atoms with E-state index in [1.807, 2.05) is 13.8 Å². The molecule has 108 valence electrons. The highest BCUT2D eigenvalue weighted by atomic mass is 16.6. The molecule has 0 heterocycles. The molecule has 0 saturated heterocycles. The van der Waals surface area contributed by atoms with Crippen molar-refractivity contribution in [1.82, 2.24) is 4.90 Å². The summed E-state index contributed by atoms with van der Waals surface area (Å²) in [6.07, 6.45) is 10.0. The van der Waals surface area contributed by atoms with Crippen molar-refractivity contribution in [1.29, 1.82) is 0 Å². The van der Waals surface area contributed by atoms with E-state index >= 15 is 0 Å². The van der Waals surface area contributed by atoms with Crippen molar-refractivity contribution in [2.45, 2.75) is 72.1 Å². The highest BCUT2D eigenvalue weighted by Gasteiger charge is 2.09. The van der Waals surface area contributed by atoms with Crippen molar-refractivity contribution in [3.8, 4) is 0 Å². The second-order valence-electron chi connectivity index (χ2n) is 4.76. The third-order valence-electron chi connectivity index (χ3n) is 3.25. The Labute approximate surface area is 113 Å². The fourth-order valence-electron chi connectivity index (χ4n) is 1.97. The van der Waals surface area contributed by atoms with Crippen LogP contribution in [-0.4, -0.2) is 30.7 Å². The molecule has 0 atom stereocenters. The van der Waals surface area contributed by atoms with Gasteiger partial charge in [-0.2, -0.15) is 0 Å². The lowest BCUT2D eigenvalue weighted by Gasteiger charge is -2.17. The van der Waals surface area contributed by atoms with Gasteiger partial charge in [0.25, 0.3) is 0 Å². The van der Waals surface area contributed by atoms with Crippen molar-refractivity contribution >= 4 is 6.09 Å². The van der Waals surface area contributed by atoms with Gasteiger partial charge in [-0.25, -0.2) is 4.79 Å². The lowest BCUT2D eigenvalue weighted by molar-refractivity contribution is 0.104. The number of carbonyl (C=O) groups is 1. The maximum Gasteiger partial charge on any atom is 0.409 e. The van der Waals surface area contributed by atoms with Crippen LogP contribution in [0.3, 0.4) is 0 Å². The monoisotopic (exact) mass is 257 g/mol. The van der Waals surface area contributed by atoms with Crippen molar-refractivity contribution in [3.63, 3.8) is 0 Å². The Bertz CT molecular complexity index is 191. The molecule has 0 spiro atoms. The first-order valence-electron chi connectivity index (χ1n) is 7.67. The van der Waals surface area contributed by atoms with E-state index in [4.69, 9.17) is 4.74 Å². The van der Waals surface area contributed by atoms with Crippen LogP contribution in [0.5, 0.6) is 0 Å². The maximum atomic E-state index is 11.5. The quantitative estimate of drug-likeness (QED) is 0.506. The smallest absolute Gasteiger partial charge is 0.409 e. The van der Waals surface area contributed by atoms with Crippen LogP contribution in [-0.2, 0) is 4.74 Å². The Morgan fingerprint density at radius 3 is 1.83 bits per heavy atom. The molecule has 0 aromatic rings. The van der Waals surface area contributed by atoms with E-state index in [0.717, 1.165) is 19.5 Å². The normalized spacial score (nSPS) is 10.4. The molecular formula is C15H31NO2. The Hall–Kier alpha value is -0.730. The average Bonchev–Trinajstić information content (AvgIpc) is 2.38. The number of amides is 1. The third-order valence-corrected chi connectivity index (χ3v) is 3.25. The molecule has 18 heavy (non-hydrogen) atoms. The molecule has 0 unspecified atom stereocenters. The first kappa shape index (κ1) is 17.3. The summed E-state index contributed by atoms with van der Waals surface area (Å²) >= 11 is 0. The van der Waals surface area contributed by atoms with Gasteiger partial charge in [0, 0.05) is 13.1 Å². The summed E-state index contributed by atoms with van der Waals surface area (Å²) in [4.78, 5) is 13.2. The summed E-state index contributed by atoms with van der Waals surface area (Å²) in [5.41, 5.74) is 0. The van der Waals surface area contributed by atoms with Crippen LogP contribution in [0.25, 0.3) is 0 Å². The van der Waals surface area contributed by atoms with Gasteiger partial charge in [0.1, 0.15) is 0 Å².